The fraction of sp³-hybridized carbons (Fsp3) is 0.600. The fourth-order valence-electron chi connectivity index (χ4n) is 2.06. The van der Waals surface area contributed by atoms with E-state index in [1.165, 1.54) is 11.1 Å². The summed E-state index contributed by atoms with van der Waals surface area (Å²) in [6, 6.07) is -0.439. The zero-order valence-electron chi connectivity index (χ0n) is 10.8. The van der Waals surface area contributed by atoms with Crippen molar-refractivity contribution in [1.29, 1.82) is 0 Å². The van der Waals surface area contributed by atoms with Crippen LogP contribution in [0.5, 0.6) is 0 Å². The number of carbonyl (C=O) groups excluding carboxylic acids is 1. The first-order valence-corrected chi connectivity index (χ1v) is 7.74. The number of carboxylic acid groups (broad SMARTS) is 1. The molecule has 1 unspecified atom stereocenters. The zero-order valence-corrected chi connectivity index (χ0v) is 11.6. The van der Waals surface area contributed by atoms with Gasteiger partial charge in [-0.2, -0.15) is 0 Å². The Hall–Kier alpha value is -1.97. The number of nitrogens with zero attached hydrogens (tertiary/aromatic N) is 4. The van der Waals surface area contributed by atoms with Crippen LogP contribution >= 0.6 is 0 Å². The summed E-state index contributed by atoms with van der Waals surface area (Å²) in [5.41, 5.74) is 0.0115. The Morgan fingerprint density at radius 1 is 1.50 bits per heavy atom. The minimum Gasteiger partial charge on any atom is -0.480 e. The second-order valence-electron chi connectivity index (χ2n) is 4.66. The predicted molar refractivity (Wildman–Crippen MR) is 66.8 cm³/mol. The van der Waals surface area contributed by atoms with Gasteiger partial charge in [0.05, 0.1) is 17.7 Å². The average Bonchev–Trinajstić information content (AvgIpc) is 2.74. The van der Waals surface area contributed by atoms with Crippen molar-refractivity contribution in [3.63, 3.8) is 0 Å². The van der Waals surface area contributed by atoms with E-state index in [1.807, 2.05) is 0 Å². The highest BCUT2D eigenvalue weighted by molar-refractivity contribution is 7.91. The number of rotatable bonds is 3. The van der Waals surface area contributed by atoms with Crippen LogP contribution in [0, 0.1) is 0 Å². The minimum absolute atomic E-state index is 0.0115. The highest BCUT2D eigenvalue weighted by atomic mass is 32.2. The standard InChI is InChI=1S/C10H14N4O5S/c1-7-6-20(18,19)3-2-14(7)10(17)8-4-13(12-11-8)5-9(15)16/h4,7H,2-3,5-6H2,1H3,(H,15,16). The van der Waals surface area contributed by atoms with Crippen molar-refractivity contribution in [2.24, 2.45) is 0 Å². The second kappa shape index (κ2) is 5.19. The normalized spacial score (nSPS) is 21.6. The molecule has 20 heavy (non-hydrogen) atoms. The molecule has 1 fully saturated rings. The number of aliphatic carboxylic acids is 1. The van der Waals surface area contributed by atoms with Crippen molar-refractivity contribution in [2.45, 2.75) is 19.5 Å². The van der Waals surface area contributed by atoms with E-state index in [-0.39, 0.29) is 30.3 Å². The highest BCUT2D eigenvalue weighted by Gasteiger charge is 2.32. The van der Waals surface area contributed by atoms with Crippen molar-refractivity contribution in [3.8, 4) is 0 Å². The van der Waals surface area contributed by atoms with Crippen LogP contribution in [0.4, 0.5) is 0 Å². The summed E-state index contributed by atoms with van der Waals surface area (Å²) in [4.78, 5) is 24.1. The summed E-state index contributed by atoms with van der Waals surface area (Å²) in [6.07, 6.45) is 1.24. The Balaban J connectivity index is 2.11. The van der Waals surface area contributed by atoms with E-state index in [0.717, 1.165) is 4.68 Å². The Morgan fingerprint density at radius 3 is 2.80 bits per heavy atom. The van der Waals surface area contributed by atoms with Crippen LogP contribution in [0.25, 0.3) is 0 Å². The van der Waals surface area contributed by atoms with Crippen molar-refractivity contribution >= 4 is 21.7 Å². The zero-order chi connectivity index (χ0) is 14.9. The van der Waals surface area contributed by atoms with E-state index < -0.39 is 27.8 Å². The molecule has 0 saturated carbocycles. The topological polar surface area (TPSA) is 122 Å². The quantitative estimate of drug-likeness (QED) is 0.730. The van der Waals surface area contributed by atoms with E-state index in [2.05, 4.69) is 10.3 Å². The van der Waals surface area contributed by atoms with Gasteiger partial charge in [0.25, 0.3) is 5.91 Å². The molecule has 1 aliphatic rings. The molecule has 2 rings (SSSR count). The third-order valence-corrected chi connectivity index (χ3v) is 4.78. The molecule has 1 N–H and O–H groups in total. The maximum Gasteiger partial charge on any atom is 0.325 e. The molecule has 10 heteroatoms. The molecule has 9 nitrogen and oxygen atoms in total. The van der Waals surface area contributed by atoms with Crippen LogP contribution in [0.3, 0.4) is 0 Å². The van der Waals surface area contributed by atoms with Gasteiger partial charge in [-0.25, -0.2) is 13.1 Å². The lowest BCUT2D eigenvalue weighted by Crippen LogP contribution is -2.49. The summed E-state index contributed by atoms with van der Waals surface area (Å²) in [6.45, 7) is 1.37. The number of hydrogen-bond acceptors (Lipinski definition) is 6. The van der Waals surface area contributed by atoms with Gasteiger partial charge in [-0.1, -0.05) is 5.21 Å². The lowest BCUT2D eigenvalue weighted by molar-refractivity contribution is -0.137. The maximum atomic E-state index is 12.2. The number of aromatic nitrogens is 3. The molecular formula is C10H14N4O5S. The summed E-state index contributed by atoms with van der Waals surface area (Å²) < 4.78 is 24.0. The summed E-state index contributed by atoms with van der Waals surface area (Å²) in [5, 5.41) is 15.8. The molecule has 1 aromatic heterocycles. The number of hydrogen-bond donors (Lipinski definition) is 1. The van der Waals surface area contributed by atoms with E-state index in [0.29, 0.717) is 0 Å². The molecule has 1 saturated heterocycles. The third kappa shape index (κ3) is 3.13. The monoisotopic (exact) mass is 302 g/mol. The van der Waals surface area contributed by atoms with Gasteiger partial charge in [0.2, 0.25) is 0 Å². The second-order valence-corrected chi connectivity index (χ2v) is 6.89. The van der Waals surface area contributed by atoms with E-state index in [1.54, 1.807) is 6.92 Å². The minimum atomic E-state index is -3.10. The lowest BCUT2D eigenvalue weighted by Gasteiger charge is -2.32. The predicted octanol–water partition coefficient (Wildman–Crippen LogP) is -1.38. The third-order valence-electron chi connectivity index (χ3n) is 2.99. The molecule has 0 aromatic carbocycles. The molecule has 0 aliphatic carbocycles. The molecule has 1 aliphatic heterocycles. The van der Waals surface area contributed by atoms with Crippen LogP contribution in [-0.2, 0) is 21.2 Å². The summed E-state index contributed by atoms with van der Waals surface area (Å²) >= 11 is 0. The molecule has 0 spiro atoms. The number of sulfone groups is 1. The Morgan fingerprint density at radius 2 is 2.20 bits per heavy atom. The fourth-order valence-corrected chi connectivity index (χ4v) is 3.62. The average molecular weight is 302 g/mol. The van der Waals surface area contributed by atoms with Gasteiger partial charge in [-0.3, -0.25) is 9.59 Å². The van der Waals surface area contributed by atoms with Crippen LogP contribution in [-0.4, -0.2) is 69.4 Å². The van der Waals surface area contributed by atoms with E-state index in [4.69, 9.17) is 5.11 Å². The summed E-state index contributed by atoms with van der Waals surface area (Å²) in [7, 11) is -3.10. The van der Waals surface area contributed by atoms with Crippen LogP contribution in [0.2, 0.25) is 0 Å². The highest BCUT2D eigenvalue weighted by Crippen LogP contribution is 2.14. The van der Waals surface area contributed by atoms with E-state index >= 15 is 0 Å². The number of carboxylic acids is 1. The largest absolute Gasteiger partial charge is 0.480 e. The van der Waals surface area contributed by atoms with Gasteiger partial charge in [-0.15, -0.1) is 5.10 Å². The van der Waals surface area contributed by atoms with Gasteiger partial charge >= 0.3 is 5.97 Å². The molecule has 2 heterocycles. The van der Waals surface area contributed by atoms with Crippen molar-refractivity contribution in [1.82, 2.24) is 19.9 Å². The van der Waals surface area contributed by atoms with Crippen LogP contribution < -0.4 is 0 Å². The maximum absolute atomic E-state index is 12.2. The number of amides is 1. The van der Waals surface area contributed by atoms with Gasteiger partial charge in [-0.05, 0) is 6.92 Å². The SMILES string of the molecule is CC1CS(=O)(=O)CCN1C(=O)c1cn(CC(=O)O)nn1. The van der Waals surface area contributed by atoms with E-state index in [9.17, 15) is 18.0 Å². The molecule has 0 bridgehead atoms. The van der Waals surface area contributed by atoms with Gasteiger partial charge in [0.1, 0.15) is 6.54 Å². The van der Waals surface area contributed by atoms with Crippen molar-refractivity contribution < 1.29 is 23.1 Å². The first-order valence-electron chi connectivity index (χ1n) is 5.92. The molecule has 1 aromatic rings. The smallest absolute Gasteiger partial charge is 0.325 e. The van der Waals surface area contributed by atoms with Crippen molar-refractivity contribution in [3.05, 3.63) is 11.9 Å². The lowest BCUT2D eigenvalue weighted by atomic mass is 10.2. The Labute approximate surface area is 115 Å². The summed E-state index contributed by atoms with van der Waals surface area (Å²) in [5.74, 6) is -1.69. The van der Waals surface area contributed by atoms with Gasteiger partial charge in [0, 0.05) is 12.6 Å². The van der Waals surface area contributed by atoms with Gasteiger partial charge in [0.15, 0.2) is 15.5 Å². The first-order chi connectivity index (χ1) is 9.28. The first kappa shape index (κ1) is 14.4. The Kier molecular flexibility index (Phi) is 3.75. The van der Waals surface area contributed by atoms with Gasteiger partial charge < -0.3 is 10.0 Å². The molecule has 110 valence electrons. The number of carbonyl (C=O) groups is 2. The molecule has 1 atom stereocenters. The van der Waals surface area contributed by atoms with Crippen LogP contribution in [0.15, 0.2) is 6.20 Å². The molecule has 0 radical (unpaired) electrons. The Bertz CT molecular complexity index is 638. The molecule has 1 amide bonds. The molecular weight excluding hydrogens is 288 g/mol. The van der Waals surface area contributed by atoms with Crippen LogP contribution in [0.1, 0.15) is 17.4 Å². The van der Waals surface area contributed by atoms with Crippen molar-refractivity contribution in [2.75, 3.05) is 18.1 Å².